The molecule has 1 unspecified atom stereocenters. The van der Waals surface area contributed by atoms with Crippen LogP contribution in [0.25, 0.3) is 0 Å². The van der Waals surface area contributed by atoms with Crippen LogP contribution in [0.3, 0.4) is 0 Å². The van der Waals surface area contributed by atoms with Crippen LogP contribution in [-0.2, 0) is 4.79 Å². The van der Waals surface area contributed by atoms with Gasteiger partial charge in [-0.05, 0) is 18.1 Å². The Bertz CT molecular complexity index is 517. The summed E-state index contributed by atoms with van der Waals surface area (Å²) in [6.07, 6.45) is 0. The molecule has 1 aromatic rings. The Morgan fingerprint density at radius 3 is 2.26 bits per heavy atom. The third-order valence-corrected chi connectivity index (χ3v) is 2.85. The molecule has 0 saturated carbocycles. The summed E-state index contributed by atoms with van der Waals surface area (Å²) < 4.78 is 0. The number of non-ortho nitro benzene ring substituents is 1. The Morgan fingerprint density at radius 2 is 1.89 bits per heavy atom. The molecular weight excluding hydrogens is 246 g/mol. The van der Waals surface area contributed by atoms with Gasteiger partial charge in [-0.15, -0.1) is 0 Å². The van der Waals surface area contributed by atoms with E-state index in [1.807, 2.05) is 6.07 Å². The Morgan fingerprint density at radius 1 is 1.37 bits per heavy atom. The topological polar surface area (TPSA) is 87.2 Å². The Balaban J connectivity index is 2.94. The first-order valence-electron chi connectivity index (χ1n) is 5.80. The second kappa shape index (κ2) is 5.96. The molecule has 0 bridgehead atoms. The highest BCUT2D eigenvalue weighted by Gasteiger charge is 2.25. The first-order chi connectivity index (χ1) is 8.88. The summed E-state index contributed by atoms with van der Waals surface area (Å²) in [5.74, 6) is -1.12. The average molecular weight is 261 g/mol. The minimum atomic E-state index is -0.722. The third kappa shape index (κ3) is 3.28. The number of anilines is 1. The molecule has 1 rings (SSSR count). The monoisotopic (exact) mass is 261 g/mol. The van der Waals surface area contributed by atoms with Gasteiger partial charge in [0.2, 0.25) is 5.91 Å². The maximum atomic E-state index is 12.1. The van der Waals surface area contributed by atoms with Gasteiger partial charge >= 0.3 is 0 Å². The molecule has 0 aliphatic rings. The zero-order valence-electron chi connectivity index (χ0n) is 11.0. The smallest absolute Gasteiger partial charge is 0.269 e. The number of hydrogen-bond acceptors (Lipinski definition) is 4. The predicted octanol–water partition coefficient (Wildman–Crippen LogP) is 2.35. The van der Waals surface area contributed by atoms with E-state index in [4.69, 9.17) is 5.26 Å². The van der Waals surface area contributed by atoms with Crippen LogP contribution in [-0.4, -0.2) is 17.9 Å². The van der Waals surface area contributed by atoms with Crippen molar-refractivity contribution < 1.29 is 9.72 Å². The molecule has 1 aromatic carbocycles. The quantitative estimate of drug-likeness (QED) is 0.614. The number of nitriles is 1. The van der Waals surface area contributed by atoms with Crippen molar-refractivity contribution in [3.05, 3.63) is 34.4 Å². The number of carbonyl (C=O) groups is 1. The maximum Gasteiger partial charge on any atom is 0.269 e. The molecule has 0 aliphatic heterocycles. The second-order valence-electron chi connectivity index (χ2n) is 4.52. The minimum absolute atomic E-state index is 0.0368. The standard InChI is InChI=1S/C13H15N3O3/c1-9(2)12(8-14)13(17)15(3)10-4-6-11(7-5-10)16(18)19/h4-7,9,12H,1-3H3. The maximum absolute atomic E-state index is 12.1. The summed E-state index contributed by atoms with van der Waals surface area (Å²) in [6.45, 7) is 3.60. The lowest BCUT2D eigenvalue weighted by molar-refractivity contribution is -0.384. The molecule has 19 heavy (non-hydrogen) atoms. The van der Waals surface area contributed by atoms with Gasteiger partial charge in [-0.2, -0.15) is 5.26 Å². The number of benzene rings is 1. The number of carbonyl (C=O) groups excluding carboxylic acids is 1. The fourth-order valence-electron chi connectivity index (χ4n) is 1.62. The normalized spacial score (nSPS) is 11.7. The van der Waals surface area contributed by atoms with Gasteiger partial charge in [-0.1, -0.05) is 13.8 Å². The lowest BCUT2D eigenvalue weighted by atomic mass is 9.96. The van der Waals surface area contributed by atoms with Gasteiger partial charge in [-0.25, -0.2) is 0 Å². The van der Waals surface area contributed by atoms with E-state index >= 15 is 0 Å². The number of nitrogens with zero attached hydrogens (tertiary/aromatic N) is 3. The van der Waals surface area contributed by atoms with E-state index in [0.717, 1.165) is 0 Å². The van der Waals surface area contributed by atoms with E-state index in [1.165, 1.54) is 29.2 Å². The SMILES string of the molecule is CC(C)C(C#N)C(=O)N(C)c1ccc([N+](=O)[O-])cc1. The van der Waals surface area contributed by atoms with Crippen LogP contribution in [0.5, 0.6) is 0 Å². The first kappa shape index (κ1) is 14.6. The van der Waals surface area contributed by atoms with Gasteiger partial charge in [-0.3, -0.25) is 14.9 Å². The van der Waals surface area contributed by atoms with Crippen molar-refractivity contribution >= 4 is 17.3 Å². The highest BCUT2D eigenvalue weighted by atomic mass is 16.6. The van der Waals surface area contributed by atoms with Gasteiger partial charge in [0.15, 0.2) is 0 Å². The molecule has 0 heterocycles. The van der Waals surface area contributed by atoms with Crippen molar-refractivity contribution in [1.29, 1.82) is 5.26 Å². The van der Waals surface area contributed by atoms with E-state index in [2.05, 4.69) is 0 Å². The number of amides is 1. The van der Waals surface area contributed by atoms with E-state index in [-0.39, 0.29) is 17.5 Å². The summed E-state index contributed by atoms with van der Waals surface area (Å²) in [6, 6.07) is 7.62. The van der Waals surface area contributed by atoms with Crippen LogP contribution in [0.15, 0.2) is 24.3 Å². The van der Waals surface area contributed by atoms with Crippen LogP contribution < -0.4 is 4.90 Å². The Hall–Kier alpha value is -2.42. The minimum Gasteiger partial charge on any atom is -0.314 e. The van der Waals surface area contributed by atoms with E-state index in [1.54, 1.807) is 20.9 Å². The van der Waals surface area contributed by atoms with Crippen LogP contribution in [0, 0.1) is 33.3 Å². The van der Waals surface area contributed by atoms with E-state index < -0.39 is 10.8 Å². The number of nitro benzene ring substituents is 1. The van der Waals surface area contributed by atoms with Gasteiger partial charge in [0.1, 0.15) is 5.92 Å². The summed E-state index contributed by atoms with van der Waals surface area (Å²) in [5, 5.41) is 19.5. The highest BCUT2D eigenvalue weighted by molar-refractivity contribution is 5.96. The zero-order chi connectivity index (χ0) is 14.6. The van der Waals surface area contributed by atoms with E-state index in [0.29, 0.717) is 5.69 Å². The number of rotatable bonds is 4. The van der Waals surface area contributed by atoms with Gasteiger partial charge in [0, 0.05) is 24.9 Å². The van der Waals surface area contributed by atoms with Crippen molar-refractivity contribution in [3.63, 3.8) is 0 Å². The summed E-state index contributed by atoms with van der Waals surface area (Å²) in [5.41, 5.74) is 0.488. The number of nitro groups is 1. The van der Waals surface area contributed by atoms with E-state index in [9.17, 15) is 14.9 Å². The summed E-state index contributed by atoms with van der Waals surface area (Å²) in [7, 11) is 1.55. The fraction of sp³-hybridized carbons (Fsp3) is 0.385. The molecule has 6 nitrogen and oxygen atoms in total. The molecule has 0 fully saturated rings. The van der Waals surface area contributed by atoms with Gasteiger partial charge < -0.3 is 4.90 Å². The summed E-state index contributed by atoms with van der Waals surface area (Å²) >= 11 is 0. The largest absolute Gasteiger partial charge is 0.314 e. The van der Waals surface area contributed by atoms with Crippen LogP contribution >= 0.6 is 0 Å². The average Bonchev–Trinajstić information content (AvgIpc) is 2.38. The molecule has 6 heteroatoms. The van der Waals surface area contributed by atoms with Crippen LogP contribution in [0.1, 0.15) is 13.8 Å². The molecule has 1 atom stereocenters. The van der Waals surface area contributed by atoms with Crippen molar-refractivity contribution in [2.75, 3.05) is 11.9 Å². The highest BCUT2D eigenvalue weighted by Crippen LogP contribution is 2.21. The van der Waals surface area contributed by atoms with Crippen molar-refractivity contribution in [2.24, 2.45) is 11.8 Å². The first-order valence-corrected chi connectivity index (χ1v) is 5.80. The molecular formula is C13H15N3O3. The molecule has 100 valence electrons. The molecule has 0 spiro atoms. The van der Waals surface area contributed by atoms with Crippen molar-refractivity contribution in [3.8, 4) is 6.07 Å². The van der Waals surface area contributed by atoms with Crippen molar-refractivity contribution in [1.82, 2.24) is 0 Å². The van der Waals surface area contributed by atoms with Crippen LogP contribution in [0.4, 0.5) is 11.4 Å². The molecule has 0 aromatic heterocycles. The third-order valence-electron chi connectivity index (χ3n) is 2.85. The fourth-order valence-corrected chi connectivity index (χ4v) is 1.62. The Labute approximate surface area is 111 Å². The van der Waals surface area contributed by atoms with Gasteiger partial charge in [0.25, 0.3) is 5.69 Å². The lowest BCUT2D eigenvalue weighted by Crippen LogP contribution is -2.34. The van der Waals surface area contributed by atoms with Gasteiger partial charge in [0.05, 0.1) is 11.0 Å². The molecule has 0 N–H and O–H groups in total. The van der Waals surface area contributed by atoms with Crippen LogP contribution in [0.2, 0.25) is 0 Å². The molecule has 0 radical (unpaired) electrons. The number of hydrogen-bond donors (Lipinski definition) is 0. The Kier molecular flexibility index (Phi) is 4.59. The van der Waals surface area contributed by atoms with Crippen molar-refractivity contribution in [2.45, 2.75) is 13.8 Å². The summed E-state index contributed by atoms with van der Waals surface area (Å²) in [4.78, 5) is 23.5. The second-order valence-corrected chi connectivity index (χ2v) is 4.52. The lowest BCUT2D eigenvalue weighted by Gasteiger charge is -2.21. The zero-order valence-corrected chi connectivity index (χ0v) is 11.0. The molecule has 0 saturated heterocycles. The predicted molar refractivity (Wildman–Crippen MR) is 70.4 cm³/mol. The molecule has 1 amide bonds. The molecule has 0 aliphatic carbocycles.